The molecule has 0 aromatic heterocycles. The summed E-state index contributed by atoms with van der Waals surface area (Å²) < 4.78 is 0. The Morgan fingerprint density at radius 3 is 2.38 bits per heavy atom. The predicted molar refractivity (Wildman–Crippen MR) is 81.2 cm³/mol. The first-order valence-corrected chi connectivity index (χ1v) is 7.46. The summed E-state index contributed by atoms with van der Waals surface area (Å²) in [5.74, 6) is -2.06. The molecular weight excluding hydrogens is 270 g/mol. The normalized spacial score (nSPS) is 25.0. The van der Waals surface area contributed by atoms with Crippen LogP contribution in [0.25, 0.3) is 0 Å². The summed E-state index contributed by atoms with van der Waals surface area (Å²) in [7, 11) is 0. The number of aliphatic carboxylic acids is 2. The molecule has 1 atom stereocenters. The lowest BCUT2D eigenvalue weighted by molar-refractivity contribution is -0.145. The van der Waals surface area contributed by atoms with Crippen molar-refractivity contribution in [3.8, 4) is 0 Å². The summed E-state index contributed by atoms with van der Waals surface area (Å²) >= 11 is 0. The summed E-state index contributed by atoms with van der Waals surface area (Å²) in [5, 5.41) is 17.5. The minimum atomic E-state index is -1.08. The van der Waals surface area contributed by atoms with Crippen molar-refractivity contribution in [2.45, 2.75) is 39.5 Å². The molecule has 0 aromatic carbocycles. The molecule has 1 aliphatic carbocycles. The van der Waals surface area contributed by atoms with Crippen LogP contribution in [0.2, 0.25) is 0 Å². The standard InChI is InChI=1S/C9H10O4.C7H15N/c1-9(8(12)13)4-2-3-6(5-9)7(10)11;1-2-5-8-6-3-4-7-8/h2-4H,5H2,1H3,(H,10,11)(H,12,13);2-7H2,1H3. The van der Waals surface area contributed by atoms with E-state index >= 15 is 0 Å². The van der Waals surface area contributed by atoms with Crippen molar-refractivity contribution >= 4 is 11.9 Å². The van der Waals surface area contributed by atoms with Crippen LogP contribution in [0.1, 0.15) is 39.5 Å². The van der Waals surface area contributed by atoms with Gasteiger partial charge in [-0.3, -0.25) is 4.79 Å². The second-order valence-corrected chi connectivity index (χ2v) is 5.80. The average Bonchev–Trinajstić information content (AvgIpc) is 2.93. The van der Waals surface area contributed by atoms with Crippen molar-refractivity contribution in [1.29, 1.82) is 0 Å². The molecule has 0 radical (unpaired) electrons. The molecule has 1 saturated heterocycles. The number of nitrogens with zero attached hydrogens (tertiary/aromatic N) is 1. The number of likely N-dealkylation sites (tertiary alicyclic amines) is 1. The van der Waals surface area contributed by atoms with Gasteiger partial charge in [0.15, 0.2) is 0 Å². The molecule has 5 heteroatoms. The van der Waals surface area contributed by atoms with Gasteiger partial charge >= 0.3 is 11.9 Å². The minimum Gasteiger partial charge on any atom is -0.481 e. The Morgan fingerprint density at radius 1 is 1.29 bits per heavy atom. The van der Waals surface area contributed by atoms with Gasteiger partial charge in [-0.2, -0.15) is 0 Å². The monoisotopic (exact) mass is 295 g/mol. The lowest BCUT2D eigenvalue weighted by atomic mass is 9.80. The van der Waals surface area contributed by atoms with Gasteiger partial charge in [0.25, 0.3) is 0 Å². The average molecular weight is 295 g/mol. The first-order valence-electron chi connectivity index (χ1n) is 7.46. The van der Waals surface area contributed by atoms with Crippen molar-refractivity contribution in [2.24, 2.45) is 5.41 Å². The lowest BCUT2D eigenvalue weighted by Crippen LogP contribution is -2.28. The Bertz CT molecular complexity index is 436. The zero-order valence-electron chi connectivity index (χ0n) is 12.8. The van der Waals surface area contributed by atoms with E-state index in [0.29, 0.717) is 0 Å². The van der Waals surface area contributed by atoms with E-state index in [1.54, 1.807) is 0 Å². The third kappa shape index (κ3) is 5.34. The molecule has 1 fully saturated rings. The summed E-state index contributed by atoms with van der Waals surface area (Å²) in [5.41, 5.74) is -0.949. The number of carboxylic acid groups (broad SMARTS) is 2. The van der Waals surface area contributed by atoms with E-state index in [1.165, 1.54) is 64.0 Å². The highest BCUT2D eigenvalue weighted by Crippen LogP contribution is 2.31. The molecule has 2 aliphatic rings. The molecule has 21 heavy (non-hydrogen) atoms. The Balaban J connectivity index is 0.000000235. The van der Waals surface area contributed by atoms with Gasteiger partial charge in [-0.05, 0) is 52.2 Å². The van der Waals surface area contributed by atoms with Crippen LogP contribution in [-0.4, -0.2) is 46.7 Å². The Morgan fingerprint density at radius 2 is 1.90 bits per heavy atom. The van der Waals surface area contributed by atoms with E-state index in [0.717, 1.165) is 0 Å². The van der Waals surface area contributed by atoms with E-state index in [4.69, 9.17) is 10.2 Å². The zero-order chi connectivity index (χ0) is 15.9. The highest BCUT2D eigenvalue weighted by atomic mass is 16.4. The molecular formula is C16H25NO4. The van der Waals surface area contributed by atoms with E-state index in [9.17, 15) is 9.59 Å². The van der Waals surface area contributed by atoms with Crippen LogP contribution in [0, 0.1) is 5.41 Å². The van der Waals surface area contributed by atoms with Gasteiger partial charge in [-0.25, -0.2) is 4.79 Å². The number of carboxylic acids is 2. The third-order valence-electron chi connectivity index (χ3n) is 3.82. The van der Waals surface area contributed by atoms with Crippen molar-refractivity contribution in [3.63, 3.8) is 0 Å². The highest BCUT2D eigenvalue weighted by Gasteiger charge is 2.34. The molecule has 1 heterocycles. The molecule has 0 bridgehead atoms. The molecule has 0 saturated carbocycles. The molecule has 0 spiro atoms. The van der Waals surface area contributed by atoms with Crippen LogP contribution < -0.4 is 0 Å². The molecule has 1 aliphatic heterocycles. The van der Waals surface area contributed by atoms with E-state index < -0.39 is 17.4 Å². The molecule has 5 nitrogen and oxygen atoms in total. The Labute approximate surface area is 125 Å². The fourth-order valence-corrected chi connectivity index (χ4v) is 2.51. The minimum absolute atomic E-state index is 0.0359. The topological polar surface area (TPSA) is 77.8 Å². The van der Waals surface area contributed by atoms with E-state index in [2.05, 4.69) is 11.8 Å². The third-order valence-corrected chi connectivity index (χ3v) is 3.82. The van der Waals surface area contributed by atoms with Crippen molar-refractivity contribution in [3.05, 3.63) is 23.8 Å². The van der Waals surface area contributed by atoms with Gasteiger partial charge < -0.3 is 15.1 Å². The molecule has 2 rings (SSSR count). The van der Waals surface area contributed by atoms with Crippen LogP contribution in [0.15, 0.2) is 23.8 Å². The summed E-state index contributed by atoms with van der Waals surface area (Å²) in [4.78, 5) is 23.9. The highest BCUT2D eigenvalue weighted by molar-refractivity contribution is 5.90. The number of hydrogen-bond donors (Lipinski definition) is 2. The summed E-state index contributed by atoms with van der Waals surface area (Å²) in [6.07, 6.45) is 8.62. The van der Waals surface area contributed by atoms with Crippen LogP contribution in [0.4, 0.5) is 0 Å². The molecule has 0 aromatic rings. The van der Waals surface area contributed by atoms with Gasteiger partial charge in [0.1, 0.15) is 0 Å². The van der Waals surface area contributed by atoms with E-state index in [1.807, 2.05) is 0 Å². The summed E-state index contributed by atoms with van der Waals surface area (Å²) in [6.45, 7) is 7.78. The van der Waals surface area contributed by atoms with Crippen LogP contribution in [0.3, 0.4) is 0 Å². The second kappa shape index (κ2) is 7.98. The molecule has 2 N–H and O–H groups in total. The van der Waals surface area contributed by atoms with Gasteiger partial charge in [0.2, 0.25) is 0 Å². The molecule has 1 unspecified atom stereocenters. The quantitative estimate of drug-likeness (QED) is 0.833. The first kappa shape index (κ1) is 17.4. The van der Waals surface area contributed by atoms with Gasteiger partial charge in [-0.15, -0.1) is 0 Å². The lowest BCUT2D eigenvalue weighted by Gasteiger charge is -2.23. The maximum atomic E-state index is 10.8. The zero-order valence-corrected chi connectivity index (χ0v) is 12.8. The van der Waals surface area contributed by atoms with Crippen molar-refractivity contribution in [2.75, 3.05) is 19.6 Å². The maximum absolute atomic E-state index is 10.8. The second-order valence-electron chi connectivity index (χ2n) is 5.80. The molecule has 118 valence electrons. The first-order chi connectivity index (χ1) is 9.89. The largest absolute Gasteiger partial charge is 0.481 e. The van der Waals surface area contributed by atoms with E-state index in [-0.39, 0.29) is 12.0 Å². The maximum Gasteiger partial charge on any atom is 0.331 e. The SMILES string of the molecule is CC1(C(=O)O)C=CC=C(C(=O)O)C1.CCCN1CCCC1. The van der Waals surface area contributed by atoms with Crippen molar-refractivity contribution in [1.82, 2.24) is 4.90 Å². The fourth-order valence-electron chi connectivity index (χ4n) is 2.51. The number of hydrogen-bond acceptors (Lipinski definition) is 3. The van der Waals surface area contributed by atoms with Gasteiger partial charge in [-0.1, -0.05) is 25.2 Å². The summed E-state index contributed by atoms with van der Waals surface area (Å²) in [6, 6.07) is 0. The van der Waals surface area contributed by atoms with Crippen molar-refractivity contribution < 1.29 is 19.8 Å². The van der Waals surface area contributed by atoms with Gasteiger partial charge in [0.05, 0.1) is 5.41 Å². The van der Waals surface area contributed by atoms with Crippen LogP contribution >= 0.6 is 0 Å². The van der Waals surface area contributed by atoms with Crippen LogP contribution in [-0.2, 0) is 9.59 Å². The molecule has 0 amide bonds. The Hall–Kier alpha value is -1.62. The predicted octanol–water partition coefficient (Wildman–Crippen LogP) is 2.54. The number of rotatable bonds is 4. The van der Waals surface area contributed by atoms with Crippen LogP contribution in [0.5, 0.6) is 0 Å². The Kier molecular flexibility index (Phi) is 6.62. The smallest absolute Gasteiger partial charge is 0.331 e. The van der Waals surface area contributed by atoms with Gasteiger partial charge in [0, 0.05) is 5.57 Å². The fraction of sp³-hybridized carbons (Fsp3) is 0.625. The number of carbonyl (C=O) groups is 2. The number of allylic oxidation sites excluding steroid dienone is 2.